The first kappa shape index (κ1) is 53.6. The van der Waals surface area contributed by atoms with E-state index >= 15 is 0 Å². The predicted octanol–water partition coefficient (Wildman–Crippen LogP) is 1.42. The Balaban J connectivity index is 1.09. The molecule has 3 saturated heterocycles. The maximum atomic E-state index is 11.7. The van der Waals surface area contributed by atoms with Gasteiger partial charge in [0.25, 0.3) is 0 Å². The standard InChI is InChI=1S/C48H81IO17/c1-22(23-15-16-48(8)29-12-10-24-25(11-13-30(49)44(24,2)3)46(29,6)17-18-47(23,48)7)9-14-31(45(4,5)60)65-43-40(66-42-39(59)36(56)33(53)27(20-51)63-42)37(57)34(54)28(64-43)21-61-41-38(58)35(55)32(52)26(19-50)62-41/h10,22-23,25-43,50-60H,9,11-21H2,1-8H3/t22-,23-,25?,26?,27?,28?,29?,30+,31?,32?,33?,34?,35?,36?,37?,38?,39?,40?,41?,42?,43?,46+,47-,48+/m1/s1. The molecule has 6 fully saturated rings. The van der Waals surface area contributed by atoms with Gasteiger partial charge in [0.2, 0.25) is 0 Å². The third kappa shape index (κ3) is 9.37. The summed E-state index contributed by atoms with van der Waals surface area (Å²) in [6.45, 7) is 16.0. The van der Waals surface area contributed by atoms with Crippen molar-refractivity contribution in [1.29, 1.82) is 0 Å². The van der Waals surface area contributed by atoms with E-state index in [1.165, 1.54) is 19.3 Å². The molecule has 382 valence electrons. The molecular weight excluding hydrogens is 975 g/mol. The van der Waals surface area contributed by atoms with Crippen molar-refractivity contribution in [2.45, 2.75) is 221 Å². The zero-order chi connectivity index (χ0) is 48.6. The lowest BCUT2D eigenvalue weighted by atomic mass is 9.39. The average molecular weight is 1060 g/mol. The van der Waals surface area contributed by atoms with Gasteiger partial charge in [-0.15, -0.1) is 0 Å². The summed E-state index contributed by atoms with van der Waals surface area (Å²) in [5.41, 5.74) is 0.866. The van der Waals surface area contributed by atoms with Gasteiger partial charge in [-0.1, -0.05) is 75.8 Å². The van der Waals surface area contributed by atoms with Crippen LogP contribution in [0.2, 0.25) is 0 Å². The lowest BCUT2D eigenvalue weighted by Gasteiger charge is -2.66. The van der Waals surface area contributed by atoms with E-state index < -0.39 is 124 Å². The van der Waals surface area contributed by atoms with Gasteiger partial charge in [0.15, 0.2) is 18.9 Å². The van der Waals surface area contributed by atoms with E-state index in [1.54, 1.807) is 19.4 Å². The van der Waals surface area contributed by atoms with E-state index in [-0.39, 0.29) is 27.6 Å². The highest BCUT2D eigenvalue weighted by Gasteiger charge is 2.67. The lowest BCUT2D eigenvalue weighted by molar-refractivity contribution is -0.380. The number of halogens is 1. The summed E-state index contributed by atoms with van der Waals surface area (Å²) >= 11 is 2.67. The SMILES string of the molecule is C[C@H](CCC(OC1OC(COC2OC(CO)C(O)C(O)C2O)C(O)C(O)C1OC1OC(CO)C(O)C(O)C1O)C(C)(C)O)[C@H]1CC[C@@]2(C)C3CC=C4C(CC[C@H](I)C4(C)C)[C@]3(C)CC[C@]12C. The molecule has 4 aliphatic carbocycles. The lowest BCUT2D eigenvalue weighted by Crippen LogP contribution is -2.65. The highest BCUT2D eigenvalue weighted by Crippen LogP contribution is 2.75. The number of aliphatic hydroxyl groups excluding tert-OH is 10. The molecule has 17 nitrogen and oxygen atoms in total. The van der Waals surface area contributed by atoms with Crippen LogP contribution in [0.5, 0.6) is 0 Å². The minimum Gasteiger partial charge on any atom is -0.394 e. The first-order valence-electron chi connectivity index (χ1n) is 24.4. The van der Waals surface area contributed by atoms with Crippen LogP contribution in [0.3, 0.4) is 0 Å². The zero-order valence-corrected chi connectivity index (χ0v) is 42.1. The van der Waals surface area contributed by atoms with Crippen LogP contribution in [-0.4, -0.2) is 184 Å². The van der Waals surface area contributed by atoms with Crippen LogP contribution in [0.15, 0.2) is 11.6 Å². The number of aliphatic hydroxyl groups is 11. The van der Waals surface area contributed by atoms with Crippen LogP contribution in [0.1, 0.15) is 113 Å². The molecule has 0 amide bonds. The molecule has 3 aliphatic heterocycles. The molecule has 0 bridgehead atoms. The van der Waals surface area contributed by atoms with Crippen LogP contribution in [-0.2, 0) is 28.4 Å². The van der Waals surface area contributed by atoms with Gasteiger partial charge >= 0.3 is 0 Å². The molecule has 3 heterocycles. The Morgan fingerprint density at radius 2 is 1.27 bits per heavy atom. The number of fused-ring (bicyclic) bond motifs is 5. The highest BCUT2D eigenvalue weighted by molar-refractivity contribution is 14.1. The van der Waals surface area contributed by atoms with E-state index in [0.717, 1.165) is 25.7 Å². The van der Waals surface area contributed by atoms with Crippen molar-refractivity contribution in [2.24, 2.45) is 45.3 Å². The number of allylic oxidation sites excluding steroid dienone is 2. The highest BCUT2D eigenvalue weighted by atomic mass is 127. The molecule has 0 aromatic heterocycles. The van der Waals surface area contributed by atoms with Crippen LogP contribution in [0, 0.1) is 45.3 Å². The fourth-order valence-electron chi connectivity index (χ4n) is 14.0. The van der Waals surface area contributed by atoms with Gasteiger partial charge in [-0.05, 0) is 117 Å². The van der Waals surface area contributed by atoms with Crippen molar-refractivity contribution in [3.05, 3.63) is 11.6 Å². The summed E-state index contributed by atoms with van der Waals surface area (Å²) in [6, 6.07) is 0. The Bertz CT molecular complexity index is 1680. The van der Waals surface area contributed by atoms with Crippen molar-refractivity contribution in [3.63, 3.8) is 0 Å². The number of ether oxygens (including phenoxy) is 6. The number of hydrogen-bond acceptors (Lipinski definition) is 17. The van der Waals surface area contributed by atoms with Gasteiger partial charge in [-0.25, -0.2) is 0 Å². The smallest absolute Gasteiger partial charge is 0.187 e. The molecule has 0 aromatic carbocycles. The van der Waals surface area contributed by atoms with E-state index in [4.69, 9.17) is 28.4 Å². The van der Waals surface area contributed by atoms with E-state index in [0.29, 0.717) is 34.5 Å². The topological polar surface area (TPSA) is 278 Å². The van der Waals surface area contributed by atoms with E-state index in [1.807, 2.05) is 0 Å². The number of rotatable bonds is 14. The summed E-state index contributed by atoms with van der Waals surface area (Å²) in [6.07, 6.45) is -13.9. The largest absolute Gasteiger partial charge is 0.394 e. The molecule has 18 heteroatoms. The minimum atomic E-state index is -1.87. The Kier molecular flexibility index (Phi) is 16.2. The molecule has 24 atom stereocenters. The zero-order valence-electron chi connectivity index (χ0n) is 39.9. The molecule has 66 heavy (non-hydrogen) atoms. The maximum Gasteiger partial charge on any atom is 0.187 e. The molecule has 11 N–H and O–H groups in total. The molecule has 3 saturated carbocycles. The minimum absolute atomic E-state index is 0.0915. The molecule has 0 radical (unpaired) electrons. The maximum absolute atomic E-state index is 11.7. The Morgan fingerprint density at radius 3 is 1.88 bits per heavy atom. The second-order valence-corrected chi connectivity index (χ2v) is 24.4. The van der Waals surface area contributed by atoms with Gasteiger partial charge in [0.1, 0.15) is 73.2 Å². The molecular formula is C48H81IO17. The van der Waals surface area contributed by atoms with Crippen LogP contribution < -0.4 is 0 Å². The summed E-state index contributed by atoms with van der Waals surface area (Å²) < 4.78 is 36.2. The third-order valence-corrected chi connectivity index (χ3v) is 20.7. The Labute approximate surface area is 403 Å². The predicted molar refractivity (Wildman–Crippen MR) is 245 cm³/mol. The van der Waals surface area contributed by atoms with Gasteiger partial charge in [-0.2, -0.15) is 0 Å². The van der Waals surface area contributed by atoms with Gasteiger partial charge in [-0.3, -0.25) is 0 Å². The molecule has 0 spiro atoms. The van der Waals surface area contributed by atoms with Crippen molar-refractivity contribution >= 4 is 22.6 Å². The second-order valence-electron chi connectivity index (χ2n) is 22.9. The average Bonchev–Trinajstić information content (AvgIpc) is 3.54. The Hall–Kier alpha value is -0.210. The first-order chi connectivity index (χ1) is 30.8. The van der Waals surface area contributed by atoms with Crippen molar-refractivity contribution < 1.29 is 84.6 Å². The van der Waals surface area contributed by atoms with Gasteiger partial charge in [0.05, 0.1) is 31.5 Å². The molecule has 7 rings (SSSR count). The number of alkyl halides is 1. The fraction of sp³-hybridized carbons (Fsp3) is 0.958. The van der Waals surface area contributed by atoms with Crippen LogP contribution in [0.4, 0.5) is 0 Å². The quantitative estimate of drug-likeness (QED) is 0.0667. The molecule has 18 unspecified atom stereocenters. The van der Waals surface area contributed by atoms with Gasteiger partial charge in [0, 0.05) is 3.92 Å². The van der Waals surface area contributed by atoms with Crippen LogP contribution in [0.25, 0.3) is 0 Å². The monoisotopic (exact) mass is 1060 g/mol. The number of hydrogen-bond donors (Lipinski definition) is 11. The summed E-state index contributed by atoms with van der Waals surface area (Å²) in [4.78, 5) is 0. The summed E-state index contributed by atoms with van der Waals surface area (Å²) in [5.74, 6) is 1.83. The summed E-state index contributed by atoms with van der Waals surface area (Å²) in [7, 11) is 0. The van der Waals surface area contributed by atoms with Crippen molar-refractivity contribution in [2.75, 3.05) is 19.8 Å². The Morgan fingerprint density at radius 1 is 0.697 bits per heavy atom. The van der Waals surface area contributed by atoms with E-state index in [9.17, 15) is 56.2 Å². The van der Waals surface area contributed by atoms with Crippen molar-refractivity contribution in [3.8, 4) is 0 Å². The first-order valence-corrected chi connectivity index (χ1v) is 25.6. The molecule has 0 aromatic rings. The van der Waals surface area contributed by atoms with Crippen molar-refractivity contribution in [1.82, 2.24) is 0 Å². The third-order valence-electron chi connectivity index (χ3n) is 18.5. The second kappa shape index (κ2) is 20.0. The molecule has 7 aliphatic rings. The van der Waals surface area contributed by atoms with E-state index in [2.05, 4.69) is 70.2 Å². The van der Waals surface area contributed by atoms with Gasteiger partial charge < -0.3 is 84.6 Å². The fourth-order valence-corrected chi connectivity index (χ4v) is 14.7. The van der Waals surface area contributed by atoms with Crippen LogP contribution >= 0.6 is 22.6 Å². The summed E-state index contributed by atoms with van der Waals surface area (Å²) in [5, 5.41) is 117. The normalized spacial score (nSPS) is 50.4.